The van der Waals surface area contributed by atoms with Crippen LogP contribution in [0.5, 0.6) is 5.88 Å². The molecule has 0 aliphatic heterocycles. The first-order valence-corrected chi connectivity index (χ1v) is 10.8. The lowest BCUT2D eigenvalue weighted by Crippen LogP contribution is -2.27. The van der Waals surface area contributed by atoms with E-state index >= 15 is 4.39 Å². The highest BCUT2D eigenvalue weighted by atomic mass is 19.1. The van der Waals surface area contributed by atoms with Crippen molar-refractivity contribution in [2.24, 2.45) is 5.92 Å². The van der Waals surface area contributed by atoms with Crippen LogP contribution in [-0.4, -0.2) is 40.7 Å². The van der Waals surface area contributed by atoms with E-state index in [1.165, 1.54) is 18.3 Å². The van der Waals surface area contributed by atoms with Gasteiger partial charge in [0.25, 0.3) is 5.56 Å². The lowest BCUT2D eigenvalue weighted by Gasteiger charge is -2.12. The van der Waals surface area contributed by atoms with Crippen molar-refractivity contribution < 1.29 is 23.0 Å². The molecule has 0 spiro atoms. The predicted octanol–water partition coefficient (Wildman–Crippen LogP) is 3.46. The Bertz CT molecular complexity index is 1200. The van der Waals surface area contributed by atoms with Crippen LogP contribution in [0.3, 0.4) is 0 Å². The average molecular weight is 472 g/mol. The lowest BCUT2D eigenvalue weighted by molar-refractivity contribution is -0.124. The van der Waals surface area contributed by atoms with Gasteiger partial charge in [0.15, 0.2) is 0 Å². The maximum atomic E-state index is 15.2. The Morgan fingerprint density at radius 2 is 1.97 bits per heavy atom. The molecule has 2 aromatic heterocycles. The summed E-state index contributed by atoms with van der Waals surface area (Å²) in [5.41, 5.74) is -0.364. The molecule has 180 valence electrons. The van der Waals surface area contributed by atoms with Gasteiger partial charge in [-0.15, -0.1) is 0 Å². The number of carbonyl (C=O) groups excluding carboxylic acids is 1. The van der Waals surface area contributed by atoms with Crippen molar-refractivity contribution in [3.8, 4) is 28.5 Å². The number of H-pyrrole nitrogens is 1. The second kappa shape index (κ2) is 11.5. The summed E-state index contributed by atoms with van der Waals surface area (Å²) < 4.78 is 40.4. The summed E-state index contributed by atoms with van der Waals surface area (Å²) >= 11 is 0. The summed E-state index contributed by atoms with van der Waals surface area (Å²) in [6.07, 6.45) is 1.45. The molecular formula is C24H26F2N4O4. The molecule has 0 aliphatic carbocycles. The first kappa shape index (κ1) is 25.0. The number of aromatic nitrogens is 3. The maximum absolute atomic E-state index is 15.2. The van der Waals surface area contributed by atoms with Crippen molar-refractivity contribution in [1.82, 2.24) is 20.3 Å². The number of amides is 1. The molecule has 8 nitrogen and oxygen atoms in total. The number of rotatable bonds is 10. The van der Waals surface area contributed by atoms with E-state index in [9.17, 15) is 14.0 Å². The molecule has 3 aromatic rings. The maximum Gasteiger partial charge on any atom is 0.251 e. The van der Waals surface area contributed by atoms with E-state index in [0.717, 1.165) is 6.07 Å². The molecule has 2 heterocycles. The number of halogens is 2. The molecule has 0 fully saturated rings. The predicted molar refractivity (Wildman–Crippen MR) is 122 cm³/mol. The Kier molecular flexibility index (Phi) is 8.42. The van der Waals surface area contributed by atoms with Gasteiger partial charge in [0, 0.05) is 48.5 Å². The van der Waals surface area contributed by atoms with Crippen molar-refractivity contribution in [3.05, 3.63) is 64.1 Å². The molecule has 0 saturated heterocycles. The first-order chi connectivity index (χ1) is 16.3. The molecule has 2 N–H and O–H groups in total. The minimum absolute atomic E-state index is 0.0636. The van der Waals surface area contributed by atoms with Crippen molar-refractivity contribution >= 4 is 5.91 Å². The molecule has 0 radical (unpaired) electrons. The highest BCUT2D eigenvalue weighted by molar-refractivity contribution is 5.77. The van der Waals surface area contributed by atoms with E-state index in [1.807, 2.05) is 6.92 Å². The van der Waals surface area contributed by atoms with Gasteiger partial charge < -0.3 is 19.8 Å². The number of aromatic amines is 1. The summed E-state index contributed by atoms with van der Waals surface area (Å²) in [6, 6.07) is 6.75. The molecule has 10 heteroatoms. The van der Waals surface area contributed by atoms with Crippen LogP contribution in [0.4, 0.5) is 8.78 Å². The van der Waals surface area contributed by atoms with Crippen LogP contribution >= 0.6 is 0 Å². The molecule has 1 amide bonds. The van der Waals surface area contributed by atoms with Crippen molar-refractivity contribution in [2.45, 2.75) is 27.3 Å². The zero-order valence-corrected chi connectivity index (χ0v) is 19.2. The molecule has 0 aliphatic rings. The molecular weight excluding hydrogens is 446 g/mol. The van der Waals surface area contributed by atoms with Gasteiger partial charge in [-0.3, -0.25) is 9.59 Å². The van der Waals surface area contributed by atoms with Crippen LogP contribution < -0.4 is 15.6 Å². The van der Waals surface area contributed by atoms with Crippen LogP contribution in [0.15, 0.2) is 41.3 Å². The Hall–Kier alpha value is -3.66. The van der Waals surface area contributed by atoms with E-state index in [1.54, 1.807) is 26.0 Å². The third-order valence-electron chi connectivity index (χ3n) is 4.84. The standard InChI is InChI=1S/C24H26F2N4O4/c1-4-33-9-10-34-20-8-6-15(12-27-20)18-11-19(31)30-23(29-18)21-17(25)7-5-16(22(21)26)13-28-24(32)14(2)3/h5-8,11-12,14H,4,9-10,13H2,1-3H3,(H,28,32)(H,29,30,31). The van der Waals surface area contributed by atoms with Crippen molar-refractivity contribution in [3.63, 3.8) is 0 Å². The van der Waals surface area contributed by atoms with Gasteiger partial charge in [0.2, 0.25) is 11.8 Å². The zero-order valence-electron chi connectivity index (χ0n) is 19.2. The first-order valence-electron chi connectivity index (χ1n) is 10.8. The molecule has 34 heavy (non-hydrogen) atoms. The third-order valence-corrected chi connectivity index (χ3v) is 4.84. The Morgan fingerprint density at radius 1 is 1.18 bits per heavy atom. The molecule has 0 bridgehead atoms. The van der Waals surface area contributed by atoms with Crippen LogP contribution in [0.25, 0.3) is 22.6 Å². The fraction of sp³-hybridized carbons (Fsp3) is 0.333. The van der Waals surface area contributed by atoms with Crippen LogP contribution in [-0.2, 0) is 16.1 Å². The summed E-state index contributed by atoms with van der Waals surface area (Å²) in [7, 11) is 0. The lowest BCUT2D eigenvalue weighted by atomic mass is 10.1. The van der Waals surface area contributed by atoms with E-state index in [-0.39, 0.29) is 35.5 Å². The zero-order chi connectivity index (χ0) is 24.7. The minimum atomic E-state index is -0.916. The number of carbonyl (C=O) groups is 1. The van der Waals surface area contributed by atoms with Gasteiger partial charge >= 0.3 is 0 Å². The van der Waals surface area contributed by atoms with Gasteiger partial charge in [0.1, 0.15) is 24.1 Å². The van der Waals surface area contributed by atoms with Gasteiger partial charge in [0.05, 0.1) is 17.9 Å². The topological polar surface area (TPSA) is 106 Å². The molecule has 0 saturated carbocycles. The largest absolute Gasteiger partial charge is 0.475 e. The van der Waals surface area contributed by atoms with E-state index < -0.39 is 22.8 Å². The summed E-state index contributed by atoms with van der Waals surface area (Å²) in [5, 5.41) is 2.59. The molecule has 0 atom stereocenters. The summed E-state index contributed by atoms with van der Waals surface area (Å²) in [6.45, 7) is 6.51. The Labute approximate surface area is 195 Å². The molecule has 0 unspecified atom stereocenters. The second-order valence-electron chi connectivity index (χ2n) is 7.68. The number of hydrogen-bond donors (Lipinski definition) is 2. The third kappa shape index (κ3) is 6.22. The Morgan fingerprint density at radius 3 is 2.65 bits per heavy atom. The number of pyridine rings is 1. The quantitative estimate of drug-likeness (QED) is 0.438. The van der Waals surface area contributed by atoms with Gasteiger partial charge in [-0.25, -0.2) is 18.7 Å². The van der Waals surface area contributed by atoms with E-state index in [2.05, 4.69) is 20.3 Å². The number of ether oxygens (including phenoxy) is 2. The number of benzene rings is 1. The van der Waals surface area contributed by atoms with Crippen LogP contribution in [0.1, 0.15) is 26.3 Å². The van der Waals surface area contributed by atoms with Gasteiger partial charge in [-0.2, -0.15) is 0 Å². The van der Waals surface area contributed by atoms with Gasteiger partial charge in [-0.1, -0.05) is 19.9 Å². The minimum Gasteiger partial charge on any atom is -0.475 e. The van der Waals surface area contributed by atoms with Crippen molar-refractivity contribution in [2.75, 3.05) is 19.8 Å². The monoisotopic (exact) mass is 472 g/mol. The summed E-state index contributed by atoms with van der Waals surface area (Å²) in [5.74, 6) is -2.27. The second-order valence-corrected chi connectivity index (χ2v) is 7.68. The highest BCUT2D eigenvalue weighted by Crippen LogP contribution is 2.27. The molecule has 1 aromatic carbocycles. The van der Waals surface area contributed by atoms with E-state index in [0.29, 0.717) is 31.3 Å². The summed E-state index contributed by atoms with van der Waals surface area (Å²) in [4.78, 5) is 34.9. The SMILES string of the molecule is CCOCCOc1ccc(-c2cc(=O)[nH]c(-c3c(F)ccc(CNC(=O)C(C)C)c3F)n2)cn1. The smallest absolute Gasteiger partial charge is 0.251 e. The van der Waals surface area contributed by atoms with Gasteiger partial charge in [-0.05, 0) is 19.1 Å². The fourth-order valence-electron chi connectivity index (χ4n) is 3.03. The Balaban J connectivity index is 1.88. The highest BCUT2D eigenvalue weighted by Gasteiger charge is 2.19. The van der Waals surface area contributed by atoms with E-state index in [4.69, 9.17) is 9.47 Å². The van der Waals surface area contributed by atoms with Crippen LogP contribution in [0, 0.1) is 17.6 Å². The normalized spacial score (nSPS) is 11.0. The number of hydrogen-bond acceptors (Lipinski definition) is 6. The van der Waals surface area contributed by atoms with Crippen LogP contribution in [0.2, 0.25) is 0 Å². The number of nitrogens with one attached hydrogen (secondary N) is 2. The average Bonchev–Trinajstić information content (AvgIpc) is 2.81. The van der Waals surface area contributed by atoms with Crippen molar-refractivity contribution in [1.29, 1.82) is 0 Å². The number of nitrogens with zero attached hydrogens (tertiary/aromatic N) is 2. The fourth-order valence-corrected chi connectivity index (χ4v) is 3.03. The molecule has 3 rings (SSSR count).